The third-order valence-corrected chi connectivity index (χ3v) is 4.18. The Morgan fingerprint density at radius 2 is 1.87 bits per heavy atom. The first-order valence-electron chi connectivity index (χ1n) is 7.81. The number of benzene rings is 1. The molecule has 0 aliphatic rings. The number of amides is 1. The SMILES string of the molecule is CCC(CC)(CN)C(=O)NCc1ccccc1OCCOC.Cl. The number of carbonyl (C=O) groups is 1. The number of carbonyl (C=O) groups excluding carboxylic acids is 1. The Labute approximate surface area is 145 Å². The minimum absolute atomic E-state index is 0. The molecule has 3 N–H and O–H groups in total. The summed E-state index contributed by atoms with van der Waals surface area (Å²) in [5, 5.41) is 2.99. The van der Waals surface area contributed by atoms with Gasteiger partial charge in [0.25, 0.3) is 0 Å². The number of nitrogens with two attached hydrogens (primary N) is 1. The lowest BCUT2D eigenvalue weighted by atomic mass is 9.81. The summed E-state index contributed by atoms with van der Waals surface area (Å²) >= 11 is 0. The Morgan fingerprint density at radius 1 is 1.22 bits per heavy atom. The minimum atomic E-state index is -0.480. The van der Waals surface area contributed by atoms with Crippen LogP contribution in [0.4, 0.5) is 0 Å². The summed E-state index contributed by atoms with van der Waals surface area (Å²) in [6, 6.07) is 7.69. The lowest BCUT2D eigenvalue weighted by Gasteiger charge is -2.28. The van der Waals surface area contributed by atoms with Crippen molar-refractivity contribution in [1.29, 1.82) is 0 Å². The average molecular weight is 345 g/mol. The van der Waals surface area contributed by atoms with Crippen LogP contribution in [0.3, 0.4) is 0 Å². The summed E-state index contributed by atoms with van der Waals surface area (Å²) in [5.41, 5.74) is 6.28. The molecule has 1 rings (SSSR count). The molecule has 0 heterocycles. The van der Waals surface area contributed by atoms with Gasteiger partial charge in [0.1, 0.15) is 12.4 Å². The van der Waals surface area contributed by atoms with Crippen LogP contribution >= 0.6 is 12.4 Å². The lowest BCUT2D eigenvalue weighted by molar-refractivity contribution is -0.131. The molecular formula is C17H29ClN2O3. The largest absolute Gasteiger partial charge is 0.491 e. The fourth-order valence-electron chi connectivity index (χ4n) is 2.34. The van der Waals surface area contributed by atoms with Gasteiger partial charge in [-0.3, -0.25) is 4.79 Å². The second-order valence-electron chi connectivity index (χ2n) is 5.32. The number of hydrogen-bond donors (Lipinski definition) is 2. The maximum atomic E-state index is 12.5. The highest BCUT2D eigenvalue weighted by molar-refractivity contribution is 5.85. The molecule has 5 nitrogen and oxygen atoms in total. The van der Waals surface area contributed by atoms with E-state index < -0.39 is 5.41 Å². The molecule has 0 unspecified atom stereocenters. The predicted octanol–water partition coefficient (Wildman–Crippen LogP) is 2.51. The van der Waals surface area contributed by atoms with E-state index in [1.54, 1.807) is 7.11 Å². The standard InChI is InChI=1S/C17H28N2O3.ClH/c1-4-17(5-2,13-18)16(20)19-12-14-8-6-7-9-15(14)22-11-10-21-3;/h6-9H,4-5,10-13,18H2,1-3H3,(H,19,20);1H. The van der Waals surface area contributed by atoms with Gasteiger partial charge < -0.3 is 20.5 Å². The third kappa shape index (κ3) is 6.01. The number of rotatable bonds is 10. The molecule has 0 fully saturated rings. The van der Waals surface area contributed by atoms with Crippen LogP contribution in [0, 0.1) is 5.41 Å². The van der Waals surface area contributed by atoms with Crippen molar-refractivity contribution in [1.82, 2.24) is 5.32 Å². The predicted molar refractivity (Wildman–Crippen MR) is 95.0 cm³/mol. The van der Waals surface area contributed by atoms with Crippen LogP contribution in [0.15, 0.2) is 24.3 Å². The Morgan fingerprint density at radius 3 is 2.43 bits per heavy atom. The van der Waals surface area contributed by atoms with Crippen molar-refractivity contribution >= 4 is 18.3 Å². The van der Waals surface area contributed by atoms with Gasteiger partial charge in [0, 0.05) is 25.8 Å². The minimum Gasteiger partial charge on any atom is -0.491 e. The Kier molecular flexibility index (Phi) is 10.6. The van der Waals surface area contributed by atoms with E-state index in [2.05, 4.69) is 5.32 Å². The van der Waals surface area contributed by atoms with Crippen molar-refractivity contribution in [3.63, 3.8) is 0 Å². The number of hydrogen-bond acceptors (Lipinski definition) is 4. The van der Waals surface area contributed by atoms with Gasteiger partial charge in [-0.1, -0.05) is 32.0 Å². The van der Waals surface area contributed by atoms with Gasteiger partial charge in [-0.15, -0.1) is 12.4 Å². The van der Waals surface area contributed by atoms with E-state index in [-0.39, 0.29) is 18.3 Å². The molecule has 0 atom stereocenters. The normalized spacial score (nSPS) is 10.8. The fraction of sp³-hybridized carbons (Fsp3) is 0.588. The van der Waals surface area contributed by atoms with Gasteiger partial charge in [0.05, 0.1) is 12.0 Å². The van der Waals surface area contributed by atoms with Crippen LogP contribution in [-0.4, -0.2) is 32.8 Å². The zero-order valence-corrected chi connectivity index (χ0v) is 15.1. The molecule has 0 radical (unpaired) electrons. The monoisotopic (exact) mass is 344 g/mol. The zero-order chi connectivity index (χ0) is 16.4. The Hall–Kier alpha value is -1.30. The summed E-state index contributed by atoms with van der Waals surface area (Å²) in [6.45, 7) is 5.80. The molecule has 1 aromatic rings. The third-order valence-electron chi connectivity index (χ3n) is 4.18. The molecule has 0 aromatic heterocycles. The average Bonchev–Trinajstić information content (AvgIpc) is 2.56. The summed E-state index contributed by atoms with van der Waals surface area (Å²) in [4.78, 5) is 12.5. The van der Waals surface area contributed by atoms with E-state index in [9.17, 15) is 4.79 Å². The van der Waals surface area contributed by atoms with Crippen molar-refractivity contribution in [2.75, 3.05) is 26.9 Å². The second kappa shape index (κ2) is 11.3. The molecule has 0 saturated heterocycles. The van der Waals surface area contributed by atoms with E-state index in [1.807, 2.05) is 38.1 Å². The maximum Gasteiger partial charge on any atom is 0.227 e. The van der Waals surface area contributed by atoms with E-state index in [0.717, 1.165) is 24.2 Å². The van der Waals surface area contributed by atoms with Gasteiger partial charge >= 0.3 is 0 Å². The summed E-state index contributed by atoms with van der Waals surface area (Å²) < 4.78 is 10.7. The van der Waals surface area contributed by atoms with Crippen LogP contribution in [-0.2, 0) is 16.1 Å². The Balaban J connectivity index is 0.00000484. The highest BCUT2D eigenvalue weighted by atomic mass is 35.5. The summed E-state index contributed by atoms with van der Waals surface area (Å²) in [7, 11) is 1.64. The Bertz CT molecular complexity index is 457. The molecule has 0 saturated carbocycles. The van der Waals surface area contributed by atoms with Gasteiger partial charge in [-0.2, -0.15) is 0 Å². The molecule has 1 amide bonds. The highest BCUT2D eigenvalue weighted by Gasteiger charge is 2.33. The number of methoxy groups -OCH3 is 1. The van der Waals surface area contributed by atoms with Crippen LogP contribution in [0.1, 0.15) is 32.3 Å². The molecule has 0 aliphatic carbocycles. The van der Waals surface area contributed by atoms with E-state index >= 15 is 0 Å². The second-order valence-corrected chi connectivity index (χ2v) is 5.32. The van der Waals surface area contributed by atoms with Crippen molar-refractivity contribution < 1.29 is 14.3 Å². The first kappa shape index (κ1) is 21.7. The molecular weight excluding hydrogens is 316 g/mol. The van der Waals surface area contributed by atoms with Gasteiger partial charge in [-0.25, -0.2) is 0 Å². The van der Waals surface area contributed by atoms with Crippen LogP contribution in [0.2, 0.25) is 0 Å². The van der Waals surface area contributed by atoms with Crippen molar-refractivity contribution in [3.8, 4) is 5.75 Å². The molecule has 0 bridgehead atoms. The van der Waals surface area contributed by atoms with Crippen molar-refractivity contribution in [3.05, 3.63) is 29.8 Å². The number of ether oxygens (including phenoxy) is 2. The van der Waals surface area contributed by atoms with Gasteiger partial charge in [0.2, 0.25) is 5.91 Å². The van der Waals surface area contributed by atoms with E-state index in [0.29, 0.717) is 26.3 Å². The number of nitrogens with one attached hydrogen (secondary N) is 1. The fourth-order valence-corrected chi connectivity index (χ4v) is 2.34. The van der Waals surface area contributed by atoms with Gasteiger partial charge in [0.15, 0.2) is 0 Å². The zero-order valence-electron chi connectivity index (χ0n) is 14.3. The first-order valence-corrected chi connectivity index (χ1v) is 7.81. The van der Waals surface area contributed by atoms with Crippen LogP contribution in [0.25, 0.3) is 0 Å². The highest BCUT2D eigenvalue weighted by Crippen LogP contribution is 2.25. The summed E-state index contributed by atoms with van der Waals surface area (Å²) in [6.07, 6.45) is 1.47. The van der Waals surface area contributed by atoms with Gasteiger partial charge in [-0.05, 0) is 18.9 Å². The first-order chi connectivity index (χ1) is 10.6. The molecule has 0 aliphatic heterocycles. The molecule has 132 valence electrons. The van der Waals surface area contributed by atoms with E-state index in [1.165, 1.54) is 0 Å². The molecule has 1 aromatic carbocycles. The number of para-hydroxylation sites is 1. The van der Waals surface area contributed by atoms with Crippen molar-refractivity contribution in [2.24, 2.45) is 11.1 Å². The van der Waals surface area contributed by atoms with E-state index in [4.69, 9.17) is 15.2 Å². The molecule has 6 heteroatoms. The molecule has 23 heavy (non-hydrogen) atoms. The lowest BCUT2D eigenvalue weighted by Crippen LogP contribution is -2.45. The number of halogens is 1. The molecule has 0 spiro atoms. The van der Waals surface area contributed by atoms with Crippen molar-refractivity contribution in [2.45, 2.75) is 33.2 Å². The topological polar surface area (TPSA) is 73.6 Å². The smallest absolute Gasteiger partial charge is 0.227 e. The van der Waals surface area contributed by atoms with Crippen LogP contribution in [0.5, 0.6) is 5.75 Å². The maximum absolute atomic E-state index is 12.5. The quantitative estimate of drug-likeness (QED) is 0.640. The summed E-state index contributed by atoms with van der Waals surface area (Å²) in [5.74, 6) is 0.776. The van der Waals surface area contributed by atoms with Crippen LogP contribution < -0.4 is 15.8 Å².